The number of hydrogen-bond donors (Lipinski definition) is 2. The van der Waals surface area contributed by atoms with Crippen LogP contribution in [0.4, 0.5) is 19.1 Å². The molecular formula is C29H33F3N6O5. The van der Waals surface area contributed by atoms with Crippen molar-refractivity contribution in [2.75, 3.05) is 51.9 Å². The number of hydrogen-bond acceptors (Lipinski definition) is 9. The highest BCUT2D eigenvalue weighted by molar-refractivity contribution is 5.94. The highest BCUT2D eigenvalue weighted by atomic mass is 19.4. The summed E-state index contributed by atoms with van der Waals surface area (Å²) in [5.74, 6) is 0.460. The smallest absolute Gasteiger partial charge is 0.422 e. The van der Waals surface area contributed by atoms with Crippen LogP contribution in [0.5, 0.6) is 11.8 Å². The topological polar surface area (TPSA) is 128 Å². The van der Waals surface area contributed by atoms with Crippen molar-refractivity contribution in [1.29, 1.82) is 0 Å². The normalized spacial score (nSPS) is 15.2. The molecule has 0 atom stereocenters. The lowest BCUT2D eigenvalue weighted by Crippen LogP contribution is -2.38. The number of nitrogens with one attached hydrogen (secondary N) is 2. The van der Waals surface area contributed by atoms with Crippen molar-refractivity contribution in [2.45, 2.75) is 32.0 Å². The van der Waals surface area contributed by atoms with E-state index in [9.17, 15) is 22.8 Å². The van der Waals surface area contributed by atoms with E-state index in [0.717, 1.165) is 11.1 Å². The van der Waals surface area contributed by atoms with Crippen LogP contribution in [0.3, 0.4) is 0 Å². The zero-order chi connectivity index (χ0) is 30.7. The third-order valence-corrected chi connectivity index (χ3v) is 6.37. The van der Waals surface area contributed by atoms with Crippen molar-refractivity contribution in [2.24, 2.45) is 0 Å². The van der Waals surface area contributed by atoms with Crippen molar-refractivity contribution < 1.29 is 37.0 Å². The summed E-state index contributed by atoms with van der Waals surface area (Å²) in [5, 5.41) is 5.88. The maximum atomic E-state index is 12.8. The van der Waals surface area contributed by atoms with Crippen molar-refractivity contribution in [3.63, 3.8) is 0 Å². The molecule has 4 aliphatic rings. The molecule has 2 aromatic carbocycles. The van der Waals surface area contributed by atoms with Crippen LogP contribution in [0, 0.1) is 0 Å². The van der Waals surface area contributed by atoms with E-state index < -0.39 is 18.8 Å². The fourth-order valence-corrected chi connectivity index (χ4v) is 4.19. The third kappa shape index (κ3) is 10.4. The molecule has 7 rings (SSSR count). The van der Waals surface area contributed by atoms with Gasteiger partial charge in [0.2, 0.25) is 11.9 Å². The summed E-state index contributed by atoms with van der Waals surface area (Å²) in [6.07, 6.45) is -3.04. The van der Waals surface area contributed by atoms with E-state index in [1.54, 1.807) is 41.3 Å². The third-order valence-electron chi connectivity index (χ3n) is 6.37. The van der Waals surface area contributed by atoms with Gasteiger partial charge in [-0.15, -0.1) is 0 Å². The molecule has 5 heterocycles. The number of ether oxygens (including phenoxy) is 3. The molecule has 230 valence electrons. The Morgan fingerprint density at radius 2 is 1.72 bits per heavy atom. The van der Waals surface area contributed by atoms with Crippen LogP contribution in [0.25, 0.3) is 0 Å². The number of carbonyl (C=O) groups excluding carboxylic acids is 2. The molecule has 2 N–H and O–H groups in total. The average Bonchev–Trinajstić information content (AvgIpc) is 2.98. The number of aromatic nitrogens is 3. The SMILES string of the molecule is COCC(=O)N1CCCCNC(=O)c2ccc(cc2)Cc2nc(nc(OCC(F)(F)F)n2)NCc2ccc(cc2)OCC1. The first-order valence-electron chi connectivity index (χ1n) is 13.7. The zero-order valence-corrected chi connectivity index (χ0v) is 23.7. The summed E-state index contributed by atoms with van der Waals surface area (Å²) in [6, 6.07) is 13.5. The number of alkyl halides is 3. The minimum absolute atomic E-state index is 0.0347. The van der Waals surface area contributed by atoms with Gasteiger partial charge in [-0.25, -0.2) is 0 Å². The number of amides is 2. The first-order chi connectivity index (χ1) is 20.7. The Bertz CT molecular complexity index is 1360. The molecule has 0 saturated heterocycles. The molecule has 2 amide bonds. The standard InChI is InChI=1S/C29H33F3N6O5/c1-41-18-25(39)38-13-3-2-12-33-26(40)22-8-4-20(5-9-22)16-24-35-27(37-28(36-24)43-19-29(30,31)32)34-17-21-6-10-23(11-7-21)42-15-14-38/h4-11H,2-3,12-19H2,1H3,(H,33,40)(H,34,35,36,37). The van der Waals surface area contributed by atoms with Crippen LogP contribution in [0.1, 0.15) is 40.2 Å². The highest BCUT2D eigenvalue weighted by Gasteiger charge is 2.29. The van der Waals surface area contributed by atoms with E-state index in [1.165, 1.54) is 7.11 Å². The van der Waals surface area contributed by atoms with Gasteiger partial charge in [-0.05, 0) is 48.2 Å². The summed E-state index contributed by atoms with van der Waals surface area (Å²) >= 11 is 0. The summed E-state index contributed by atoms with van der Waals surface area (Å²) < 4.78 is 54.0. The molecule has 4 aliphatic heterocycles. The molecule has 0 aliphatic carbocycles. The zero-order valence-electron chi connectivity index (χ0n) is 23.7. The molecule has 0 fully saturated rings. The number of rotatable bonds is 4. The van der Waals surface area contributed by atoms with Crippen LogP contribution in [-0.4, -0.2) is 84.4 Å². The van der Waals surface area contributed by atoms with Crippen LogP contribution in [0.15, 0.2) is 48.5 Å². The van der Waals surface area contributed by atoms with Gasteiger partial charge >= 0.3 is 12.2 Å². The average molecular weight is 603 g/mol. The monoisotopic (exact) mass is 602 g/mol. The fourth-order valence-electron chi connectivity index (χ4n) is 4.19. The fraction of sp³-hybridized carbons (Fsp3) is 0.414. The summed E-state index contributed by atoms with van der Waals surface area (Å²) in [6.45, 7) is 0.258. The minimum Gasteiger partial charge on any atom is -0.492 e. The maximum absolute atomic E-state index is 12.8. The van der Waals surface area contributed by atoms with E-state index in [0.29, 0.717) is 43.8 Å². The molecule has 11 nitrogen and oxygen atoms in total. The molecule has 0 spiro atoms. The molecule has 0 unspecified atom stereocenters. The first-order valence-corrected chi connectivity index (χ1v) is 13.7. The van der Waals surface area contributed by atoms with E-state index in [2.05, 4.69) is 25.6 Å². The van der Waals surface area contributed by atoms with E-state index in [-0.39, 0.29) is 49.8 Å². The number of halogens is 3. The Morgan fingerprint density at radius 1 is 0.977 bits per heavy atom. The Kier molecular flexibility index (Phi) is 11.1. The number of anilines is 1. The predicted molar refractivity (Wildman–Crippen MR) is 150 cm³/mol. The molecule has 6 bridgehead atoms. The molecule has 0 saturated carbocycles. The number of benzene rings is 2. The van der Waals surface area contributed by atoms with Crippen LogP contribution >= 0.6 is 0 Å². The van der Waals surface area contributed by atoms with Gasteiger partial charge in [-0.3, -0.25) is 9.59 Å². The van der Waals surface area contributed by atoms with Gasteiger partial charge < -0.3 is 29.7 Å². The van der Waals surface area contributed by atoms with Crippen LogP contribution < -0.4 is 20.1 Å². The molecular weight excluding hydrogens is 569 g/mol. The van der Waals surface area contributed by atoms with E-state index in [1.807, 2.05) is 12.1 Å². The van der Waals surface area contributed by atoms with Gasteiger partial charge in [0.25, 0.3) is 5.91 Å². The Hall–Kier alpha value is -4.46. The van der Waals surface area contributed by atoms with Crippen molar-refractivity contribution in [3.8, 4) is 11.8 Å². The minimum atomic E-state index is -4.56. The Balaban J connectivity index is 1.54. The highest BCUT2D eigenvalue weighted by Crippen LogP contribution is 2.19. The lowest BCUT2D eigenvalue weighted by Gasteiger charge is -2.22. The second-order valence-electron chi connectivity index (χ2n) is 9.76. The summed E-state index contributed by atoms with van der Waals surface area (Å²) in [4.78, 5) is 39.2. The quantitative estimate of drug-likeness (QED) is 0.462. The molecule has 1 aromatic heterocycles. The number of carbonyl (C=O) groups is 2. The number of nitrogens with zero attached hydrogens (tertiary/aromatic N) is 4. The van der Waals surface area contributed by atoms with Gasteiger partial charge in [0.15, 0.2) is 6.61 Å². The Morgan fingerprint density at radius 3 is 2.44 bits per heavy atom. The first kappa shape index (κ1) is 31.5. The van der Waals surface area contributed by atoms with Crippen molar-refractivity contribution in [3.05, 3.63) is 71.0 Å². The Labute approximate surface area is 246 Å². The second-order valence-corrected chi connectivity index (χ2v) is 9.76. The molecule has 0 radical (unpaired) electrons. The maximum Gasteiger partial charge on any atom is 0.422 e. The van der Waals surface area contributed by atoms with Crippen molar-refractivity contribution in [1.82, 2.24) is 25.2 Å². The van der Waals surface area contributed by atoms with Crippen molar-refractivity contribution >= 4 is 17.8 Å². The molecule has 14 heteroatoms. The largest absolute Gasteiger partial charge is 0.492 e. The van der Waals surface area contributed by atoms with Crippen LogP contribution in [0.2, 0.25) is 0 Å². The molecule has 3 aromatic rings. The van der Waals surface area contributed by atoms with E-state index in [4.69, 9.17) is 14.2 Å². The number of methoxy groups -OCH3 is 1. The van der Waals surface area contributed by atoms with Crippen LogP contribution in [-0.2, 0) is 22.5 Å². The van der Waals surface area contributed by atoms with Gasteiger partial charge in [-0.1, -0.05) is 24.3 Å². The lowest BCUT2D eigenvalue weighted by atomic mass is 10.1. The second kappa shape index (κ2) is 15.1. The summed E-state index contributed by atoms with van der Waals surface area (Å²) in [5.41, 5.74) is 2.03. The van der Waals surface area contributed by atoms with Gasteiger partial charge in [0.05, 0.1) is 6.54 Å². The summed E-state index contributed by atoms with van der Waals surface area (Å²) in [7, 11) is 1.47. The van der Waals surface area contributed by atoms with E-state index >= 15 is 0 Å². The van der Waals surface area contributed by atoms with Gasteiger partial charge in [0, 0.05) is 38.7 Å². The van der Waals surface area contributed by atoms with Gasteiger partial charge in [0.1, 0.15) is 24.8 Å². The lowest BCUT2D eigenvalue weighted by molar-refractivity contribution is -0.154. The predicted octanol–water partition coefficient (Wildman–Crippen LogP) is 3.39. The van der Waals surface area contributed by atoms with Gasteiger partial charge in [-0.2, -0.15) is 28.1 Å². The molecule has 43 heavy (non-hydrogen) atoms.